The Kier molecular flexibility index (Phi) is 5.05. The van der Waals surface area contributed by atoms with Crippen molar-refractivity contribution in [2.24, 2.45) is 5.92 Å². The lowest BCUT2D eigenvalue weighted by Gasteiger charge is -2.32. The van der Waals surface area contributed by atoms with Crippen LogP contribution in [0.4, 0.5) is 0 Å². The highest BCUT2D eigenvalue weighted by Crippen LogP contribution is 2.16. The van der Waals surface area contributed by atoms with E-state index in [1.807, 2.05) is 20.8 Å². The van der Waals surface area contributed by atoms with Gasteiger partial charge in [0.25, 0.3) is 0 Å². The summed E-state index contributed by atoms with van der Waals surface area (Å²) in [6, 6.07) is 0. The molecule has 0 aliphatic carbocycles. The van der Waals surface area contributed by atoms with Crippen molar-refractivity contribution >= 4 is 5.97 Å². The molecule has 1 N–H and O–H groups in total. The average molecular weight is 269 g/mol. The highest BCUT2D eigenvalue weighted by molar-refractivity contribution is 5.69. The first-order valence-corrected chi connectivity index (χ1v) is 6.46. The number of rotatable bonds is 6. The molecule has 0 spiro atoms. The number of carboxylic acid groups (broad SMARTS) is 1. The zero-order valence-corrected chi connectivity index (χ0v) is 12.3. The van der Waals surface area contributed by atoms with Gasteiger partial charge in [-0.15, -0.1) is 0 Å². The summed E-state index contributed by atoms with van der Waals surface area (Å²) in [6.07, 6.45) is 0.762. The summed E-state index contributed by atoms with van der Waals surface area (Å²) >= 11 is 0. The molecule has 1 aromatic heterocycles. The molecule has 1 aromatic rings. The van der Waals surface area contributed by atoms with Gasteiger partial charge in [0.05, 0.1) is 13.1 Å². The Morgan fingerprint density at radius 2 is 2.05 bits per heavy atom. The Hall–Kier alpha value is -1.43. The predicted molar refractivity (Wildman–Crippen MR) is 70.6 cm³/mol. The number of aliphatic carboxylic acids is 1. The highest BCUT2D eigenvalue weighted by Gasteiger charge is 2.25. The molecule has 6 nitrogen and oxygen atoms in total. The van der Waals surface area contributed by atoms with Crippen molar-refractivity contribution in [3.63, 3.8) is 0 Å². The normalized spacial score (nSPS) is 12.4. The Morgan fingerprint density at radius 1 is 1.42 bits per heavy atom. The number of nitrogens with zero attached hydrogens (tertiary/aromatic N) is 3. The van der Waals surface area contributed by atoms with Crippen LogP contribution in [0.15, 0.2) is 4.52 Å². The zero-order chi connectivity index (χ0) is 14.6. The summed E-state index contributed by atoms with van der Waals surface area (Å²) in [4.78, 5) is 17.0. The van der Waals surface area contributed by atoms with Crippen LogP contribution in [0.2, 0.25) is 0 Å². The Morgan fingerprint density at radius 3 is 2.53 bits per heavy atom. The van der Waals surface area contributed by atoms with Crippen LogP contribution < -0.4 is 0 Å². The average Bonchev–Trinajstić information content (AvgIpc) is 2.61. The molecule has 0 bridgehead atoms. The first-order valence-electron chi connectivity index (χ1n) is 6.46. The van der Waals surface area contributed by atoms with Crippen LogP contribution in [0.5, 0.6) is 0 Å². The summed E-state index contributed by atoms with van der Waals surface area (Å²) in [7, 11) is 0. The van der Waals surface area contributed by atoms with E-state index < -0.39 is 5.97 Å². The molecule has 0 saturated carbocycles. The number of carboxylic acids is 1. The van der Waals surface area contributed by atoms with Gasteiger partial charge in [0.1, 0.15) is 0 Å². The number of hydrogen-bond donors (Lipinski definition) is 1. The van der Waals surface area contributed by atoms with Crippen LogP contribution in [0.1, 0.15) is 46.3 Å². The van der Waals surface area contributed by atoms with Gasteiger partial charge in [-0.1, -0.05) is 19.0 Å². The molecule has 0 radical (unpaired) electrons. The fourth-order valence-corrected chi connectivity index (χ4v) is 1.66. The minimum atomic E-state index is -0.864. The van der Waals surface area contributed by atoms with Crippen LogP contribution in [0.3, 0.4) is 0 Å². The Bertz CT molecular complexity index is 421. The van der Waals surface area contributed by atoms with Crippen LogP contribution in [0.25, 0.3) is 0 Å². The fourth-order valence-electron chi connectivity index (χ4n) is 1.66. The smallest absolute Gasteiger partial charge is 0.317 e. The van der Waals surface area contributed by atoms with Crippen molar-refractivity contribution in [2.45, 2.75) is 53.1 Å². The summed E-state index contributed by atoms with van der Waals surface area (Å²) in [6.45, 7) is 10.3. The molecule has 0 aliphatic rings. The molecule has 0 saturated heterocycles. The second kappa shape index (κ2) is 6.14. The van der Waals surface area contributed by atoms with Crippen LogP contribution in [0, 0.1) is 5.92 Å². The van der Waals surface area contributed by atoms with E-state index in [2.05, 4.69) is 24.0 Å². The van der Waals surface area contributed by atoms with Gasteiger partial charge in [-0.25, -0.2) is 0 Å². The van der Waals surface area contributed by atoms with E-state index in [1.165, 1.54) is 0 Å². The van der Waals surface area contributed by atoms with E-state index in [0.717, 1.165) is 6.42 Å². The summed E-state index contributed by atoms with van der Waals surface area (Å²) in [5.41, 5.74) is -0.273. The van der Waals surface area contributed by atoms with Crippen LogP contribution in [-0.2, 0) is 17.8 Å². The van der Waals surface area contributed by atoms with Crippen molar-refractivity contribution in [1.29, 1.82) is 0 Å². The minimum Gasteiger partial charge on any atom is -0.480 e. The van der Waals surface area contributed by atoms with Crippen LogP contribution >= 0.6 is 0 Å². The highest BCUT2D eigenvalue weighted by atomic mass is 16.5. The summed E-state index contributed by atoms with van der Waals surface area (Å²) in [5, 5.41) is 12.9. The number of carbonyl (C=O) groups is 1. The first-order chi connectivity index (χ1) is 8.68. The van der Waals surface area contributed by atoms with Crippen molar-refractivity contribution in [1.82, 2.24) is 15.0 Å². The number of aromatic nitrogens is 2. The quantitative estimate of drug-likeness (QED) is 0.850. The molecule has 108 valence electrons. The lowest BCUT2D eigenvalue weighted by Crippen LogP contribution is -2.43. The molecule has 1 heterocycles. The second-order valence-corrected chi connectivity index (χ2v) is 6.12. The molecule has 0 fully saturated rings. The van der Waals surface area contributed by atoms with Gasteiger partial charge in [0.2, 0.25) is 5.89 Å². The van der Waals surface area contributed by atoms with Crippen molar-refractivity contribution in [2.75, 3.05) is 6.54 Å². The molecule has 6 heteroatoms. The third-order valence-corrected chi connectivity index (χ3v) is 2.70. The Labute approximate surface area is 113 Å². The van der Waals surface area contributed by atoms with Gasteiger partial charge >= 0.3 is 5.97 Å². The largest absolute Gasteiger partial charge is 0.480 e. The van der Waals surface area contributed by atoms with E-state index in [1.54, 1.807) is 4.90 Å². The molecule has 0 atom stereocenters. The maximum absolute atomic E-state index is 10.9. The molecule has 1 rings (SSSR count). The molecule has 0 unspecified atom stereocenters. The maximum atomic E-state index is 10.9. The van der Waals surface area contributed by atoms with Gasteiger partial charge in [-0.3, -0.25) is 9.69 Å². The molecule has 19 heavy (non-hydrogen) atoms. The minimum absolute atomic E-state index is 0.0502. The van der Waals surface area contributed by atoms with Gasteiger partial charge in [-0.05, 0) is 26.7 Å². The van der Waals surface area contributed by atoms with E-state index >= 15 is 0 Å². The van der Waals surface area contributed by atoms with Crippen LogP contribution in [-0.4, -0.2) is 38.2 Å². The van der Waals surface area contributed by atoms with Gasteiger partial charge in [0.15, 0.2) is 5.82 Å². The third kappa shape index (κ3) is 5.38. The molecule has 0 amide bonds. The lowest BCUT2D eigenvalue weighted by atomic mass is 10.1. The Balaban J connectivity index is 2.73. The van der Waals surface area contributed by atoms with E-state index in [-0.39, 0.29) is 12.1 Å². The second-order valence-electron chi connectivity index (χ2n) is 6.12. The van der Waals surface area contributed by atoms with E-state index in [9.17, 15) is 4.79 Å². The lowest BCUT2D eigenvalue weighted by molar-refractivity contribution is -0.140. The van der Waals surface area contributed by atoms with Crippen molar-refractivity contribution < 1.29 is 14.4 Å². The monoisotopic (exact) mass is 269 g/mol. The molecule has 0 aromatic carbocycles. The summed E-state index contributed by atoms with van der Waals surface area (Å²) in [5.74, 6) is 0.737. The van der Waals surface area contributed by atoms with Crippen molar-refractivity contribution in [3.8, 4) is 0 Å². The predicted octanol–water partition coefficient (Wildman–Crippen LogP) is 1.95. The van der Waals surface area contributed by atoms with Gasteiger partial charge in [0, 0.05) is 12.0 Å². The number of hydrogen-bond acceptors (Lipinski definition) is 5. The fraction of sp³-hybridized carbons (Fsp3) is 0.769. The molecular weight excluding hydrogens is 246 g/mol. The van der Waals surface area contributed by atoms with Gasteiger partial charge in [-0.2, -0.15) is 4.98 Å². The van der Waals surface area contributed by atoms with Gasteiger partial charge < -0.3 is 9.63 Å². The van der Waals surface area contributed by atoms with E-state index in [4.69, 9.17) is 9.63 Å². The SMILES string of the molecule is CC(C)Cc1noc(CN(CC(=O)O)C(C)(C)C)n1. The molecule has 0 aliphatic heterocycles. The summed E-state index contributed by atoms with van der Waals surface area (Å²) < 4.78 is 5.18. The van der Waals surface area contributed by atoms with Crippen molar-refractivity contribution in [3.05, 3.63) is 11.7 Å². The molecular formula is C13H23N3O3. The van der Waals surface area contributed by atoms with E-state index in [0.29, 0.717) is 24.2 Å². The zero-order valence-electron chi connectivity index (χ0n) is 12.3. The third-order valence-electron chi connectivity index (χ3n) is 2.70. The first kappa shape index (κ1) is 15.6. The standard InChI is InChI=1S/C13H23N3O3/c1-9(2)6-10-14-11(19-15-10)7-16(8-12(17)18)13(3,4)5/h9H,6-8H2,1-5H3,(H,17,18). The topological polar surface area (TPSA) is 79.5 Å². The maximum Gasteiger partial charge on any atom is 0.317 e.